The van der Waals surface area contributed by atoms with E-state index in [1.807, 2.05) is 19.1 Å². The summed E-state index contributed by atoms with van der Waals surface area (Å²) in [5, 5.41) is 0. The molecular weight excluding hydrogens is 228 g/mol. The molecule has 2 N–H and O–H groups in total. The van der Waals surface area contributed by atoms with Crippen LogP contribution in [0.4, 0.5) is 0 Å². The summed E-state index contributed by atoms with van der Waals surface area (Å²) in [6.07, 6.45) is 2.66. The van der Waals surface area contributed by atoms with Crippen LogP contribution in [0, 0.1) is 6.92 Å². The number of nitrogens with two attached hydrogens (primary N) is 1. The van der Waals surface area contributed by atoms with Gasteiger partial charge in [-0.15, -0.1) is 0 Å². The van der Waals surface area contributed by atoms with Gasteiger partial charge in [0.25, 0.3) is 0 Å². The highest BCUT2D eigenvalue weighted by molar-refractivity contribution is 5.10. The van der Waals surface area contributed by atoms with Crippen LogP contribution in [0.2, 0.25) is 0 Å². The molecule has 4 heteroatoms. The first-order valence-corrected chi connectivity index (χ1v) is 6.86. The molecule has 1 aromatic heterocycles. The second kappa shape index (κ2) is 6.36. The lowest BCUT2D eigenvalue weighted by molar-refractivity contribution is -0.00934. The summed E-state index contributed by atoms with van der Waals surface area (Å²) in [4.78, 5) is 2.39. The number of piperidine rings is 1. The topological polar surface area (TPSA) is 51.6 Å². The van der Waals surface area contributed by atoms with E-state index in [2.05, 4.69) is 11.8 Å². The van der Waals surface area contributed by atoms with Gasteiger partial charge in [-0.25, -0.2) is 0 Å². The van der Waals surface area contributed by atoms with Gasteiger partial charge in [-0.1, -0.05) is 0 Å². The fraction of sp³-hybridized carbons (Fsp3) is 0.714. The maximum Gasteiger partial charge on any atom is 0.122 e. The van der Waals surface area contributed by atoms with E-state index in [4.69, 9.17) is 14.9 Å². The molecule has 1 aliphatic heterocycles. The Morgan fingerprint density at radius 1 is 1.56 bits per heavy atom. The molecule has 0 bridgehead atoms. The fourth-order valence-electron chi connectivity index (χ4n) is 2.70. The number of hydrogen-bond donors (Lipinski definition) is 1. The van der Waals surface area contributed by atoms with Gasteiger partial charge in [0.2, 0.25) is 0 Å². The van der Waals surface area contributed by atoms with Gasteiger partial charge in [0.1, 0.15) is 11.5 Å². The zero-order valence-electron chi connectivity index (χ0n) is 11.4. The Hall–Kier alpha value is -0.840. The van der Waals surface area contributed by atoms with Gasteiger partial charge in [-0.3, -0.25) is 4.90 Å². The predicted molar refractivity (Wildman–Crippen MR) is 71.5 cm³/mol. The molecule has 2 heterocycles. The SMILES string of the molecule is CCOC1CCCN(C(CN)c2ccc(C)o2)C1. The Kier molecular flexibility index (Phi) is 4.80. The molecule has 0 amide bonds. The van der Waals surface area contributed by atoms with Crippen molar-refractivity contribution in [3.05, 3.63) is 23.7 Å². The van der Waals surface area contributed by atoms with Crippen molar-refractivity contribution < 1.29 is 9.15 Å². The molecule has 0 aliphatic carbocycles. The number of aryl methyl sites for hydroxylation is 1. The molecule has 0 spiro atoms. The first kappa shape index (κ1) is 13.6. The van der Waals surface area contributed by atoms with Crippen LogP contribution >= 0.6 is 0 Å². The van der Waals surface area contributed by atoms with Crippen molar-refractivity contribution in [3.63, 3.8) is 0 Å². The van der Waals surface area contributed by atoms with Crippen LogP contribution in [0.25, 0.3) is 0 Å². The van der Waals surface area contributed by atoms with Gasteiger partial charge in [-0.2, -0.15) is 0 Å². The summed E-state index contributed by atoms with van der Waals surface area (Å²) in [6.45, 7) is 7.42. The highest BCUT2D eigenvalue weighted by Crippen LogP contribution is 2.26. The minimum atomic E-state index is 0.182. The fourth-order valence-corrected chi connectivity index (χ4v) is 2.70. The smallest absolute Gasteiger partial charge is 0.122 e. The second-order valence-corrected chi connectivity index (χ2v) is 4.91. The van der Waals surface area contributed by atoms with Gasteiger partial charge in [0.15, 0.2) is 0 Å². The van der Waals surface area contributed by atoms with Crippen molar-refractivity contribution in [2.75, 3.05) is 26.2 Å². The minimum absolute atomic E-state index is 0.182. The zero-order valence-corrected chi connectivity index (χ0v) is 11.4. The van der Waals surface area contributed by atoms with E-state index < -0.39 is 0 Å². The Morgan fingerprint density at radius 3 is 3.00 bits per heavy atom. The van der Waals surface area contributed by atoms with E-state index in [1.165, 1.54) is 6.42 Å². The van der Waals surface area contributed by atoms with Crippen LogP contribution in [0.3, 0.4) is 0 Å². The van der Waals surface area contributed by atoms with Crippen LogP contribution in [0.15, 0.2) is 16.5 Å². The van der Waals surface area contributed by atoms with Crippen molar-refractivity contribution in [3.8, 4) is 0 Å². The van der Waals surface area contributed by atoms with Crippen molar-refractivity contribution in [1.82, 2.24) is 4.90 Å². The molecular formula is C14H24N2O2. The molecule has 2 unspecified atom stereocenters. The summed E-state index contributed by atoms with van der Waals surface area (Å²) in [5.74, 6) is 1.92. The van der Waals surface area contributed by atoms with E-state index in [0.717, 1.165) is 37.6 Å². The van der Waals surface area contributed by atoms with Gasteiger partial charge in [-0.05, 0) is 45.4 Å². The highest BCUT2D eigenvalue weighted by Gasteiger charge is 2.27. The van der Waals surface area contributed by atoms with Gasteiger partial charge in [0.05, 0.1) is 12.1 Å². The number of ether oxygens (including phenoxy) is 1. The first-order valence-electron chi connectivity index (χ1n) is 6.86. The Morgan fingerprint density at radius 2 is 2.39 bits per heavy atom. The lowest BCUT2D eigenvalue weighted by Crippen LogP contribution is -2.43. The molecule has 2 rings (SSSR count). The molecule has 0 saturated carbocycles. The molecule has 1 fully saturated rings. The van der Waals surface area contributed by atoms with Crippen LogP contribution in [0.1, 0.15) is 37.3 Å². The van der Waals surface area contributed by atoms with Gasteiger partial charge >= 0.3 is 0 Å². The second-order valence-electron chi connectivity index (χ2n) is 4.91. The third-order valence-electron chi connectivity index (χ3n) is 3.57. The van der Waals surface area contributed by atoms with E-state index in [9.17, 15) is 0 Å². The molecule has 102 valence electrons. The van der Waals surface area contributed by atoms with Crippen molar-refractivity contribution in [2.45, 2.75) is 38.8 Å². The zero-order chi connectivity index (χ0) is 13.0. The molecule has 18 heavy (non-hydrogen) atoms. The quantitative estimate of drug-likeness (QED) is 0.872. The molecule has 1 aliphatic rings. The average molecular weight is 252 g/mol. The largest absolute Gasteiger partial charge is 0.465 e. The molecule has 4 nitrogen and oxygen atoms in total. The van der Waals surface area contributed by atoms with E-state index in [0.29, 0.717) is 12.6 Å². The Labute approximate surface area is 109 Å². The average Bonchev–Trinajstić information content (AvgIpc) is 2.78. The maximum atomic E-state index is 5.92. The Bertz CT molecular complexity index is 362. The normalized spacial score (nSPS) is 23.2. The number of rotatable bonds is 5. The van der Waals surface area contributed by atoms with Gasteiger partial charge < -0.3 is 14.9 Å². The summed E-state index contributed by atoms with van der Waals surface area (Å²) in [6, 6.07) is 4.22. The molecule has 0 radical (unpaired) electrons. The van der Waals surface area contributed by atoms with Crippen molar-refractivity contribution >= 4 is 0 Å². The number of likely N-dealkylation sites (tertiary alicyclic amines) is 1. The lowest BCUT2D eigenvalue weighted by atomic mass is 10.0. The predicted octanol–water partition coefficient (Wildman–Crippen LogP) is 2.09. The standard InChI is InChI=1S/C14H24N2O2/c1-3-17-12-5-4-8-16(10-12)13(9-15)14-7-6-11(2)18-14/h6-7,12-13H,3-5,8-10,15H2,1-2H3. The minimum Gasteiger partial charge on any atom is -0.465 e. The van der Waals surface area contributed by atoms with E-state index >= 15 is 0 Å². The lowest BCUT2D eigenvalue weighted by Gasteiger charge is -2.36. The number of nitrogens with zero attached hydrogens (tertiary/aromatic N) is 1. The molecule has 1 aromatic rings. The monoisotopic (exact) mass is 252 g/mol. The molecule has 0 aromatic carbocycles. The highest BCUT2D eigenvalue weighted by atomic mass is 16.5. The summed E-state index contributed by atoms with van der Waals surface area (Å²) >= 11 is 0. The summed E-state index contributed by atoms with van der Waals surface area (Å²) in [7, 11) is 0. The first-order chi connectivity index (χ1) is 8.74. The van der Waals surface area contributed by atoms with E-state index in [-0.39, 0.29) is 6.04 Å². The molecule has 1 saturated heterocycles. The molecule has 2 atom stereocenters. The Balaban J connectivity index is 2.03. The summed E-state index contributed by atoms with van der Waals surface area (Å²) < 4.78 is 11.5. The van der Waals surface area contributed by atoms with Crippen molar-refractivity contribution in [1.29, 1.82) is 0 Å². The third kappa shape index (κ3) is 3.13. The van der Waals surface area contributed by atoms with Gasteiger partial charge in [0, 0.05) is 19.7 Å². The number of furan rings is 1. The van der Waals surface area contributed by atoms with Crippen LogP contribution < -0.4 is 5.73 Å². The number of hydrogen-bond acceptors (Lipinski definition) is 4. The van der Waals surface area contributed by atoms with Crippen LogP contribution in [-0.4, -0.2) is 37.2 Å². The summed E-state index contributed by atoms with van der Waals surface area (Å²) in [5.41, 5.74) is 5.92. The maximum absolute atomic E-state index is 5.92. The third-order valence-corrected chi connectivity index (χ3v) is 3.57. The van der Waals surface area contributed by atoms with Crippen molar-refractivity contribution in [2.24, 2.45) is 5.73 Å². The van der Waals surface area contributed by atoms with Crippen LogP contribution in [0.5, 0.6) is 0 Å². The van der Waals surface area contributed by atoms with E-state index in [1.54, 1.807) is 0 Å². The van der Waals surface area contributed by atoms with Crippen LogP contribution in [-0.2, 0) is 4.74 Å².